The van der Waals surface area contributed by atoms with E-state index in [1.54, 1.807) is 0 Å². The van der Waals surface area contributed by atoms with Crippen molar-refractivity contribution in [3.05, 3.63) is 0 Å². The molecule has 0 bridgehead atoms. The Hall–Kier alpha value is -0.160. The van der Waals surface area contributed by atoms with Crippen LogP contribution in [0.4, 0.5) is 0 Å². The van der Waals surface area contributed by atoms with Gasteiger partial charge in [-0.1, -0.05) is 0 Å². The fraction of sp³-hybridized carbons (Fsp3) is 0.833. The lowest BCUT2D eigenvalue weighted by Crippen LogP contribution is -2.22. The summed E-state index contributed by atoms with van der Waals surface area (Å²) in [6, 6.07) is 2.25. The third-order valence-corrected chi connectivity index (χ3v) is 3.04. The minimum atomic E-state index is 0.272. The summed E-state index contributed by atoms with van der Waals surface area (Å²) < 4.78 is 0. The van der Waals surface area contributed by atoms with Crippen molar-refractivity contribution in [1.82, 2.24) is 0 Å². The van der Waals surface area contributed by atoms with E-state index in [2.05, 4.69) is 6.07 Å². The summed E-state index contributed by atoms with van der Waals surface area (Å²) >= 11 is 1.92. The highest BCUT2D eigenvalue weighted by molar-refractivity contribution is 8.01. The van der Waals surface area contributed by atoms with Crippen molar-refractivity contribution < 1.29 is 0 Å². The summed E-state index contributed by atoms with van der Waals surface area (Å²) in [5, 5.41) is 9.06. The van der Waals surface area contributed by atoms with Gasteiger partial charge in [-0.2, -0.15) is 17.0 Å². The van der Waals surface area contributed by atoms with Crippen molar-refractivity contribution in [2.24, 2.45) is 5.92 Å². The normalized spacial score (nSPS) is 30.2. The van der Waals surface area contributed by atoms with Gasteiger partial charge in [-0.25, -0.2) is 0 Å². The van der Waals surface area contributed by atoms with Gasteiger partial charge < -0.3 is 0 Å². The van der Waals surface area contributed by atoms with Crippen LogP contribution >= 0.6 is 11.8 Å². The number of hydrogen-bond acceptors (Lipinski definition) is 2. The van der Waals surface area contributed by atoms with E-state index in [4.69, 9.17) is 5.26 Å². The van der Waals surface area contributed by atoms with Crippen LogP contribution in [0.15, 0.2) is 0 Å². The highest BCUT2D eigenvalue weighted by Gasteiger charge is 2.23. The summed E-state index contributed by atoms with van der Waals surface area (Å²) in [5.41, 5.74) is 0. The lowest BCUT2D eigenvalue weighted by molar-refractivity contribution is 0.640. The molecule has 0 N–H and O–H groups in total. The molecule has 8 heavy (non-hydrogen) atoms. The highest BCUT2D eigenvalue weighted by atomic mass is 32.2. The number of hydrogen-bond donors (Lipinski definition) is 0. The van der Waals surface area contributed by atoms with Crippen molar-refractivity contribution in [3.8, 4) is 6.07 Å². The van der Waals surface area contributed by atoms with Crippen molar-refractivity contribution in [2.45, 2.75) is 18.6 Å². The highest BCUT2D eigenvalue weighted by Crippen LogP contribution is 2.33. The molecule has 0 aromatic heterocycles. The summed E-state index contributed by atoms with van der Waals surface area (Å²) in [5.74, 6) is 1.53. The molecule has 1 nitrogen and oxygen atoms in total. The van der Waals surface area contributed by atoms with Crippen LogP contribution in [-0.4, -0.2) is 11.0 Å². The minimum absolute atomic E-state index is 0.272. The Balaban J connectivity index is 2.26. The Morgan fingerprint density at radius 2 is 2.50 bits per heavy atom. The maximum Gasteiger partial charge on any atom is 0.0664 e. The SMILES string of the molecule is CC(C#N)C1CCS1. The van der Waals surface area contributed by atoms with E-state index in [0.717, 1.165) is 0 Å². The molecule has 0 amide bonds. The van der Waals surface area contributed by atoms with Gasteiger partial charge in [-0.3, -0.25) is 0 Å². The van der Waals surface area contributed by atoms with E-state index in [-0.39, 0.29) is 5.92 Å². The standard InChI is InChI=1S/C6H9NS/c1-5(4-7)6-2-3-8-6/h5-6H,2-3H2,1H3. The molecule has 0 saturated carbocycles. The third kappa shape index (κ3) is 0.976. The average Bonchev–Trinajstić information content (AvgIpc) is 1.62. The summed E-state index contributed by atoms with van der Waals surface area (Å²) in [7, 11) is 0. The fourth-order valence-electron chi connectivity index (χ4n) is 0.731. The average molecular weight is 127 g/mol. The monoisotopic (exact) mass is 127 g/mol. The van der Waals surface area contributed by atoms with Crippen LogP contribution in [0, 0.1) is 17.2 Å². The molecule has 1 fully saturated rings. The third-order valence-electron chi connectivity index (χ3n) is 1.50. The summed E-state index contributed by atoms with van der Waals surface area (Å²) in [6.45, 7) is 2.00. The van der Waals surface area contributed by atoms with E-state index in [9.17, 15) is 0 Å². The first-order valence-electron chi connectivity index (χ1n) is 2.86. The molecule has 2 heteroatoms. The predicted molar refractivity (Wildman–Crippen MR) is 35.6 cm³/mol. The number of nitriles is 1. The van der Waals surface area contributed by atoms with Crippen LogP contribution < -0.4 is 0 Å². The van der Waals surface area contributed by atoms with Gasteiger partial charge in [0.1, 0.15) is 0 Å². The zero-order valence-corrected chi connectivity index (χ0v) is 5.74. The second-order valence-corrected chi connectivity index (χ2v) is 3.46. The van der Waals surface area contributed by atoms with Crippen LogP contribution in [-0.2, 0) is 0 Å². The molecule has 1 saturated heterocycles. The molecule has 2 unspecified atom stereocenters. The van der Waals surface area contributed by atoms with Crippen molar-refractivity contribution >= 4 is 11.8 Å². The topological polar surface area (TPSA) is 23.8 Å². The first-order chi connectivity index (χ1) is 3.84. The van der Waals surface area contributed by atoms with Crippen LogP contribution in [0.5, 0.6) is 0 Å². The molecule has 0 aromatic rings. The van der Waals surface area contributed by atoms with E-state index in [1.807, 2.05) is 18.7 Å². The maximum absolute atomic E-state index is 8.41. The molecule has 44 valence electrons. The first kappa shape index (κ1) is 5.97. The van der Waals surface area contributed by atoms with Gasteiger partial charge in [0.05, 0.1) is 12.0 Å². The molecule has 2 atom stereocenters. The predicted octanol–water partition coefficient (Wildman–Crippen LogP) is 1.65. The lowest BCUT2D eigenvalue weighted by Gasteiger charge is -2.26. The van der Waals surface area contributed by atoms with Gasteiger partial charge in [0.15, 0.2) is 0 Å². The Labute approximate surface area is 54.1 Å². The first-order valence-corrected chi connectivity index (χ1v) is 3.90. The zero-order chi connectivity index (χ0) is 5.98. The van der Waals surface area contributed by atoms with Gasteiger partial charge >= 0.3 is 0 Å². The molecule has 1 aliphatic heterocycles. The smallest absolute Gasteiger partial charge is 0.0664 e. The van der Waals surface area contributed by atoms with Gasteiger partial charge in [0, 0.05) is 5.25 Å². The Morgan fingerprint density at radius 1 is 1.88 bits per heavy atom. The van der Waals surface area contributed by atoms with Gasteiger partial charge in [-0.15, -0.1) is 0 Å². The number of nitrogens with zero attached hydrogens (tertiary/aromatic N) is 1. The Bertz CT molecular complexity index is 112. The summed E-state index contributed by atoms with van der Waals surface area (Å²) in [6.07, 6.45) is 1.25. The molecule has 0 spiro atoms. The van der Waals surface area contributed by atoms with Crippen LogP contribution in [0.1, 0.15) is 13.3 Å². The number of rotatable bonds is 1. The molecule has 0 radical (unpaired) electrons. The van der Waals surface area contributed by atoms with Crippen LogP contribution in [0.3, 0.4) is 0 Å². The largest absolute Gasteiger partial charge is 0.198 e. The fourth-order valence-corrected chi connectivity index (χ4v) is 1.59. The Morgan fingerprint density at radius 3 is 2.62 bits per heavy atom. The van der Waals surface area contributed by atoms with Crippen molar-refractivity contribution in [2.75, 3.05) is 5.75 Å². The van der Waals surface area contributed by atoms with Crippen molar-refractivity contribution in [3.63, 3.8) is 0 Å². The molecular weight excluding hydrogens is 118 g/mol. The second kappa shape index (κ2) is 2.41. The molecule has 1 aliphatic rings. The quantitative estimate of drug-likeness (QED) is 0.534. The van der Waals surface area contributed by atoms with Crippen LogP contribution in [0.25, 0.3) is 0 Å². The van der Waals surface area contributed by atoms with E-state index in [1.165, 1.54) is 12.2 Å². The lowest BCUT2D eigenvalue weighted by atomic mass is 10.1. The van der Waals surface area contributed by atoms with E-state index in [0.29, 0.717) is 5.25 Å². The van der Waals surface area contributed by atoms with E-state index >= 15 is 0 Å². The number of thioether (sulfide) groups is 1. The van der Waals surface area contributed by atoms with E-state index < -0.39 is 0 Å². The molecule has 1 heterocycles. The maximum atomic E-state index is 8.41. The minimum Gasteiger partial charge on any atom is -0.198 e. The molecule has 0 aromatic carbocycles. The van der Waals surface area contributed by atoms with Gasteiger partial charge in [-0.05, 0) is 19.1 Å². The molecule has 1 rings (SSSR count). The molecule has 0 aliphatic carbocycles. The summed E-state index contributed by atoms with van der Waals surface area (Å²) in [4.78, 5) is 0. The van der Waals surface area contributed by atoms with Gasteiger partial charge in [0.25, 0.3) is 0 Å². The Kier molecular flexibility index (Phi) is 1.80. The van der Waals surface area contributed by atoms with Crippen molar-refractivity contribution in [1.29, 1.82) is 5.26 Å². The van der Waals surface area contributed by atoms with Crippen LogP contribution in [0.2, 0.25) is 0 Å². The molecular formula is C6H9NS. The van der Waals surface area contributed by atoms with Gasteiger partial charge in [0.2, 0.25) is 0 Å². The zero-order valence-electron chi connectivity index (χ0n) is 4.92. The second-order valence-electron chi connectivity index (χ2n) is 2.12.